The molecule has 0 aliphatic rings. The average Bonchev–Trinajstić information content (AvgIpc) is 2.25. The van der Waals surface area contributed by atoms with Crippen molar-refractivity contribution in [1.29, 1.82) is 0 Å². The monoisotopic (exact) mass is 210 g/mol. The number of carbonyl (C=O) groups excluding carboxylic acids is 1. The van der Waals surface area contributed by atoms with Gasteiger partial charge >= 0.3 is 5.97 Å². The largest absolute Gasteiger partial charge is 0.467 e. The number of rotatable bonds is 4. The van der Waals surface area contributed by atoms with Crippen LogP contribution in [0.15, 0.2) is 18.2 Å². The summed E-state index contributed by atoms with van der Waals surface area (Å²) in [6, 6.07) is 5.27. The third kappa shape index (κ3) is 2.95. The third-order valence-electron chi connectivity index (χ3n) is 1.87. The van der Waals surface area contributed by atoms with Crippen molar-refractivity contribution >= 4 is 5.97 Å². The lowest BCUT2D eigenvalue weighted by atomic mass is 10.1. The van der Waals surface area contributed by atoms with Crippen molar-refractivity contribution in [3.8, 4) is 5.75 Å². The second-order valence-electron chi connectivity index (χ2n) is 3.04. The first-order valence-electron chi connectivity index (χ1n) is 4.49. The molecule has 0 unspecified atom stereocenters. The van der Waals surface area contributed by atoms with Crippen molar-refractivity contribution in [1.82, 2.24) is 0 Å². The van der Waals surface area contributed by atoms with Gasteiger partial charge in [0, 0.05) is 7.11 Å². The van der Waals surface area contributed by atoms with Crippen molar-refractivity contribution in [3.05, 3.63) is 29.3 Å². The molecule has 1 aromatic rings. The molecule has 4 heteroatoms. The van der Waals surface area contributed by atoms with Crippen LogP contribution >= 0.6 is 0 Å². The number of esters is 1. The summed E-state index contributed by atoms with van der Waals surface area (Å²) in [4.78, 5) is 11.4. The zero-order chi connectivity index (χ0) is 11.3. The van der Waals surface area contributed by atoms with Crippen molar-refractivity contribution in [2.75, 3.05) is 21.0 Å². The molecule has 0 saturated heterocycles. The Morgan fingerprint density at radius 2 is 2.07 bits per heavy atom. The molecule has 0 aliphatic carbocycles. The van der Waals surface area contributed by atoms with Crippen LogP contribution in [-0.4, -0.2) is 27.0 Å². The molecular weight excluding hydrogens is 196 g/mol. The number of aryl methyl sites for hydroxylation is 1. The Hall–Kier alpha value is -1.55. The molecule has 0 spiro atoms. The highest BCUT2D eigenvalue weighted by molar-refractivity contribution is 5.92. The van der Waals surface area contributed by atoms with Gasteiger partial charge in [0.1, 0.15) is 11.3 Å². The molecule has 0 atom stereocenters. The SMILES string of the molecule is COCOc1cc(C)ccc1C(=O)OC. The number of hydrogen-bond donors (Lipinski definition) is 0. The Balaban J connectivity index is 2.97. The van der Waals surface area contributed by atoms with Crippen LogP contribution in [0.2, 0.25) is 0 Å². The van der Waals surface area contributed by atoms with Crippen molar-refractivity contribution < 1.29 is 19.0 Å². The van der Waals surface area contributed by atoms with E-state index in [0.29, 0.717) is 11.3 Å². The van der Waals surface area contributed by atoms with Gasteiger partial charge in [-0.1, -0.05) is 6.07 Å². The number of hydrogen-bond acceptors (Lipinski definition) is 4. The Morgan fingerprint density at radius 1 is 1.33 bits per heavy atom. The second kappa shape index (κ2) is 5.36. The van der Waals surface area contributed by atoms with E-state index in [4.69, 9.17) is 9.47 Å². The summed E-state index contributed by atoms with van der Waals surface area (Å²) >= 11 is 0. The predicted octanol–water partition coefficient (Wildman–Crippen LogP) is 1.76. The minimum Gasteiger partial charge on any atom is -0.467 e. The molecule has 1 aromatic carbocycles. The molecular formula is C11H14O4. The van der Waals surface area contributed by atoms with E-state index >= 15 is 0 Å². The van der Waals surface area contributed by atoms with Gasteiger partial charge in [-0.3, -0.25) is 0 Å². The average molecular weight is 210 g/mol. The standard InChI is InChI=1S/C11H14O4/c1-8-4-5-9(11(12)14-3)10(6-8)15-7-13-2/h4-6H,7H2,1-3H3. The van der Waals surface area contributed by atoms with Gasteiger partial charge in [-0.25, -0.2) is 4.79 Å². The van der Waals surface area contributed by atoms with E-state index in [1.54, 1.807) is 12.1 Å². The first kappa shape index (κ1) is 11.5. The van der Waals surface area contributed by atoms with Gasteiger partial charge in [-0.15, -0.1) is 0 Å². The van der Waals surface area contributed by atoms with Crippen molar-refractivity contribution in [2.24, 2.45) is 0 Å². The van der Waals surface area contributed by atoms with E-state index in [1.807, 2.05) is 13.0 Å². The van der Waals surface area contributed by atoms with Gasteiger partial charge in [0.05, 0.1) is 7.11 Å². The van der Waals surface area contributed by atoms with Crippen LogP contribution in [0.4, 0.5) is 0 Å². The van der Waals surface area contributed by atoms with Crippen LogP contribution in [0.3, 0.4) is 0 Å². The first-order valence-corrected chi connectivity index (χ1v) is 4.49. The summed E-state index contributed by atoms with van der Waals surface area (Å²) in [6.07, 6.45) is 0. The van der Waals surface area contributed by atoms with Crippen LogP contribution in [0.25, 0.3) is 0 Å². The fourth-order valence-corrected chi connectivity index (χ4v) is 1.15. The smallest absolute Gasteiger partial charge is 0.341 e. The zero-order valence-electron chi connectivity index (χ0n) is 9.07. The summed E-state index contributed by atoms with van der Waals surface area (Å²) < 4.78 is 14.7. The van der Waals surface area contributed by atoms with E-state index in [-0.39, 0.29) is 6.79 Å². The molecule has 15 heavy (non-hydrogen) atoms. The lowest BCUT2D eigenvalue weighted by Gasteiger charge is -2.09. The molecule has 82 valence electrons. The minimum absolute atomic E-state index is 0.105. The molecule has 0 heterocycles. The molecule has 0 N–H and O–H groups in total. The fraction of sp³-hybridized carbons (Fsp3) is 0.364. The van der Waals surface area contributed by atoms with E-state index in [1.165, 1.54) is 14.2 Å². The molecule has 4 nitrogen and oxygen atoms in total. The molecule has 0 aliphatic heterocycles. The summed E-state index contributed by atoms with van der Waals surface area (Å²) in [5.41, 5.74) is 1.41. The maximum Gasteiger partial charge on any atom is 0.341 e. The van der Waals surface area contributed by atoms with Gasteiger partial charge in [-0.05, 0) is 24.6 Å². The van der Waals surface area contributed by atoms with Crippen LogP contribution < -0.4 is 4.74 Å². The van der Waals surface area contributed by atoms with E-state index in [9.17, 15) is 4.79 Å². The molecule has 0 amide bonds. The highest BCUT2D eigenvalue weighted by atomic mass is 16.7. The normalized spacial score (nSPS) is 9.80. The summed E-state index contributed by atoms with van der Waals surface area (Å²) in [5.74, 6) is 0.0600. The minimum atomic E-state index is -0.416. The number of ether oxygens (including phenoxy) is 3. The number of benzene rings is 1. The molecule has 0 aromatic heterocycles. The van der Waals surface area contributed by atoms with Crippen LogP contribution in [-0.2, 0) is 9.47 Å². The van der Waals surface area contributed by atoms with Crippen LogP contribution in [0.1, 0.15) is 15.9 Å². The summed E-state index contributed by atoms with van der Waals surface area (Å²) in [6.45, 7) is 2.02. The fourth-order valence-electron chi connectivity index (χ4n) is 1.15. The molecule has 1 rings (SSSR count). The highest BCUT2D eigenvalue weighted by Crippen LogP contribution is 2.21. The second-order valence-corrected chi connectivity index (χ2v) is 3.04. The first-order chi connectivity index (χ1) is 7.19. The van der Waals surface area contributed by atoms with Gasteiger partial charge in [-0.2, -0.15) is 0 Å². The zero-order valence-corrected chi connectivity index (χ0v) is 9.07. The predicted molar refractivity (Wildman–Crippen MR) is 55.0 cm³/mol. The number of carbonyl (C=O) groups is 1. The molecule has 0 radical (unpaired) electrons. The quantitative estimate of drug-likeness (QED) is 0.561. The lowest BCUT2D eigenvalue weighted by Crippen LogP contribution is -2.07. The Kier molecular flexibility index (Phi) is 4.12. The number of methoxy groups -OCH3 is 2. The molecule has 0 saturated carbocycles. The van der Waals surface area contributed by atoms with Gasteiger partial charge in [0.15, 0.2) is 6.79 Å². The van der Waals surface area contributed by atoms with Gasteiger partial charge in [0.2, 0.25) is 0 Å². The summed E-state index contributed by atoms with van der Waals surface area (Å²) in [7, 11) is 2.86. The Labute approximate surface area is 88.8 Å². The van der Waals surface area contributed by atoms with E-state index in [2.05, 4.69) is 4.74 Å². The molecule has 0 fully saturated rings. The Morgan fingerprint density at radius 3 is 2.67 bits per heavy atom. The lowest BCUT2D eigenvalue weighted by molar-refractivity contribution is 0.0465. The third-order valence-corrected chi connectivity index (χ3v) is 1.87. The van der Waals surface area contributed by atoms with Gasteiger partial charge in [0.25, 0.3) is 0 Å². The van der Waals surface area contributed by atoms with Crippen LogP contribution in [0.5, 0.6) is 5.75 Å². The van der Waals surface area contributed by atoms with Crippen molar-refractivity contribution in [2.45, 2.75) is 6.92 Å². The maximum absolute atomic E-state index is 11.4. The molecule has 0 bridgehead atoms. The Bertz CT molecular complexity index is 346. The van der Waals surface area contributed by atoms with Crippen molar-refractivity contribution in [3.63, 3.8) is 0 Å². The topological polar surface area (TPSA) is 44.8 Å². The van der Waals surface area contributed by atoms with E-state index in [0.717, 1.165) is 5.56 Å². The summed E-state index contributed by atoms with van der Waals surface area (Å²) in [5, 5.41) is 0. The van der Waals surface area contributed by atoms with Crippen LogP contribution in [0, 0.1) is 6.92 Å². The maximum atomic E-state index is 11.4. The van der Waals surface area contributed by atoms with E-state index < -0.39 is 5.97 Å². The highest BCUT2D eigenvalue weighted by Gasteiger charge is 2.12. The van der Waals surface area contributed by atoms with Gasteiger partial charge < -0.3 is 14.2 Å².